The largest absolute Gasteiger partial charge is 0.366 e. The highest BCUT2D eigenvalue weighted by atomic mass is 35.5. The maximum Gasteiger partial charge on any atom is 0.293 e. The Labute approximate surface area is 118 Å². The van der Waals surface area contributed by atoms with Gasteiger partial charge in [0.05, 0.1) is 10.6 Å². The van der Waals surface area contributed by atoms with Gasteiger partial charge >= 0.3 is 0 Å². The molecule has 104 valence electrons. The van der Waals surface area contributed by atoms with E-state index in [1.165, 1.54) is 19.2 Å². The van der Waals surface area contributed by atoms with Crippen LogP contribution in [0.4, 0.5) is 11.6 Å². The molecule has 1 aromatic heterocycles. The van der Waals surface area contributed by atoms with Crippen molar-refractivity contribution in [2.75, 3.05) is 18.1 Å². The Morgan fingerprint density at radius 3 is 2.70 bits per heavy atom. The molecule has 2 rings (SSSR count). The van der Waals surface area contributed by atoms with Crippen molar-refractivity contribution < 1.29 is 9.59 Å². The molecular formula is C11H11ClN6O2. The first kappa shape index (κ1) is 13.8. The van der Waals surface area contributed by atoms with Gasteiger partial charge in [-0.15, -0.1) is 5.10 Å². The third-order valence-electron chi connectivity index (χ3n) is 2.41. The van der Waals surface area contributed by atoms with Crippen LogP contribution in [0.2, 0.25) is 5.02 Å². The summed E-state index contributed by atoms with van der Waals surface area (Å²) in [5.41, 5.74) is 5.96. The van der Waals surface area contributed by atoms with E-state index >= 15 is 0 Å². The minimum absolute atomic E-state index is 0.0288. The number of nitrogens with one attached hydrogen (secondary N) is 3. The second kappa shape index (κ2) is 5.57. The van der Waals surface area contributed by atoms with Gasteiger partial charge in [-0.05, 0) is 18.2 Å². The molecule has 8 nitrogen and oxygen atoms in total. The molecule has 0 aliphatic rings. The lowest BCUT2D eigenvalue weighted by Crippen LogP contribution is -2.19. The Kier molecular flexibility index (Phi) is 3.85. The van der Waals surface area contributed by atoms with Gasteiger partial charge in [0.15, 0.2) is 0 Å². The standard InChI is InChI=1S/C11H11ClN6O2/c1-14-9(19)6-4-5(2-3-7(6)12)15-10(20)8-16-11(13)18-17-8/h2-4H,1H3,(H,14,19)(H,15,20)(H3,13,16,17,18). The van der Waals surface area contributed by atoms with Gasteiger partial charge in [-0.3, -0.25) is 14.7 Å². The summed E-state index contributed by atoms with van der Waals surface area (Å²) >= 11 is 5.91. The van der Waals surface area contributed by atoms with Gasteiger partial charge in [0.25, 0.3) is 11.8 Å². The molecule has 0 aliphatic heterocycles. The average molecular weight is 295 g/mol. The number of amides is 2. The lowest BCUT2D eigenvalue weighted by atomic mass is 10.2. The first-order chi connectivity index (χ1) is 9.51. The van der Waals surface area contributed by atoms with E-state index in [0.29, 0.717) is 5.69 Å². The van der Waals surface area contributed by atoms with Crippen LogP contribution in [0.1, 0.15) is 21.0 Å². The molecule has 1 aromatic carbocycles. The number of hydrogen-bond donors (Lipinski definition) is 4. The predicted molar refractivity (Wildman–Crippen MR) is 73.6 cm³/mol. The maximum atomic E-state index is 11.8. The van der Waals surface area contributed by atoms with Crippen molar-refractivity contribution in [1.82, 2.24) is 20.5 Å². The van der Waals surface area contributed by atoms with Crippen molar-refractivity contribution in [3.8, 4) is 0 Å². The summed E-state index contributed by atoms with van der Waals surface area (Å²) in [5.74, 6) is -0.939. The lowest BCUT2D eigenvalue weighted by molar-refractivity contribution is 0.0961. The monoisotopic (exact) mass is 294 g/mol. The maximum absolute atomic E-state index is 11.8. The molecule has 0 saturated heterocycles. The molecule has 20 heavy (non-hydrogen) atoms. The van der Waals surface area contributed by atoms with Gasteiger partial charge in [-0.2, -0.15) is 4.98 Å². The number of nitrogens with two attached hydrogens (primary N) is 1. The van der Waals surface area contributed by atoms with E-state index in [0.717, 1.165) is 0 Å². The number of carbonyl (C=O) groups excluding carboxylic acids is 2. The van der Waals surface area contributed by atoms with Gasteiger partial charge in [0.1, 0.15) is 0 Å². The van der Waals surface area contributed by atoms with Crippen molar-refractivity contribution in [3.63, 3.8) is 0 Å². The third-order valence-corrected chi connectivity index (χ3v) is 2.74. The molecule has 0 bridgehead atoms. The molecule has 9 heteroatoms. The Bertz CT molecular complexity index is 669. The van der Waals surface area contributed by atoms with Crippen LogP contribution >= 0.6 is 11.6 Å². The van der Waals surface area contributed by atoms with Crippen LogP contribution in [0.15, 0.2) is 18.2 Å². The van der Waals surface area contributed by atoms with E-state index in [2.05, 4.69) is 25.8 Å². The molecule has 2 aromatic rings. The van der Waals surface area contributed by atoms with E-state index in [1.54, 1.807) is 6.07 Å². The number of rotatable bonds is 3. The second-order valence-corrected chi connectivity index (χ2v) is 4.18. The Morgan fingerprint density at radius 2 is 2.10 bits per heavy atom. The van der Waals surface area contributed by atoms with Gasteiger partial charge in [-0.25, -0.2) is 0 Å². The number of benzene rings is 1. The summed E-state index contributed by atoms with van der Waals surface area (Å²) < 4.78 is 0. The number of H-pyrrole nitrogens is 1. The van der Waals surface area contributed by atoms with Crippen LogP contribution in [-0.2, 0) is 0 Å². The van der Waals surface area contributed by atoms with Crippen LogP contribution in [-0.4, -0.2) is 34.0 Å². The predicted octanol–water partition coefficient (Wildman–Crippen LogP) is 0.652. The van der Waals surface area contributed by atoms with Crippen LogP contribution in [0.5, 0.6) is 0 Å². The van der Waals surface area contributed by atoms with Gasteiger partial charge in [0, 0.05) is 12.7 Å². The number of hydrogen-bond acceptors (Lipinski definition) is 5. The zero-order chi connectivity index (χ0) is 14.7. The number of nitrogens with zero attached hydrogens (tertiary/aromatic N) is 2. The zero-order valence-electron chi connectivity index (χ0n) is 10.4. The van der Waals surface area contributed by atoms with Crippen LogP contribution in [0.3, 0.4) is 0 Å². The number of anilines is 2. The number of nitrogen functional groups attached to an aromatic ring is 1. The van der Waals surface area contributed by atoms with Crippen LogP contribution in [0, 0.1) is 0 Å². The van der Waals surface area contributed by atoms with Gasteiger partial charge in [-0.1, -0.05) is 11.6 Å². The summed E-state index contributed by atoms with van der Waals surface area (Å²) in [6.45, 7) is 0. The van der Waals surface area contributed by atoms with Crippen molar-refractivity contribution in [2.45, 2.75) is 0 Å². The van der Waals surface area contributed by atoms with Crippen molar-refractivity contribution in [3.05, 3.63) is 34.6 Å². The topological polar surface area (TPSA) is 126 Å². The summed E-state index contributed by atoms with van der Waals surface area (Å²) in [4.78, 5) is 27.1. The van der Waals surface area contributed by atoms with Crippen LogP contribution in [0.25, 0.3) is 0 Å². The second-order valence-electron chi connectivity index (χ2n) is 3.77. The molecule has 0 radical (unpaired) electrons. The molecule has 0 saturated carbocycles. The first-order valence-corrected chi connectivity index (χ1v) is 5.90. The Morgan fingerprint density at radius 1 is 1.35 bits per heavy atom. The molecule has 0 fully saturated rings. The fraction of sp³-hybridized carbons (Fsp3) is 0.0909. The number of aromatic amines is 1. The third kappa shape index (κ3) is 2.86. The smallest absolute Gasteiger partial charge is 0.293 e. The Hall–Kier alpha value is -2.61. The van der Waals surface area contributed by atoms with Crippen LogP contribution < -0.4 is 16.4 Å². The fourth-order valence-corrected chi connectivity index (χ4v) is 1.68. The number of aromatic nitrogens is 3. The number of carbonyl (C=O) groups is 2. The molecule has 0 unspecified atom stereocenters. The average Bonchev–Trinajstić information content (AvgIpc) is 2.87. The zero-order valence-corrected chi connectivity index (χ0v) is 11.2. The summed E-state index contributed by atoms with van der Waals surface area (Å²) in [5, 5.41) is 11.2. The van der Waals surface area contributed by atoms with E-state index in [-0.39, 0.29) is 28.3 Å². The summed E-state index contributed by atoms with van der Waals surface area (Å²) in [7, 11) is 1.49. The molecule has 0 aliphatic carbocycles. The quantitative estimate of drug-likeness (QED) is 0.661. The highest BCUT2D eigenvalue weighted by molar-refractivity contribution is 6.34. The molecular weight excluding hydrogens is 284 g/mol. The SMILES string of the molecule is CNC(=O)c1cc(NC(=O)c2nc(N)n[nH]2)ccc1Cl. The molecule has 1 heterocycles. The normalized spacial score (nSPS) is 10.1. The highest BCUT2D eigenvalue weighted by Crippen LogP contribution is 2.20. The van der Waals surface area contributed by atoms with Crippen molar-refractivity contribution >= 4 is 35.1 Å². The van der Waals surface area contributed by atoms with E-state index in [4.69, 9.17) is 17.3 Å². The minimum atomic E-state index is -0.528. The van der Waals surface area contributed by atoms with Crippen molar-refractivity contribution in [1.29, 1.82) is 0 Å². The molecule has 0 spiro atoms. The van der Waals surface area contributed by atoms with Crippen molar-refractivity contribution in [2.24, 2.45) is 0 Å². The Balaban J connectivity index is 2.22. The molecule has 2 amide bonds. The van der Waals surface area contributed by atoms with Gasteiger partial charge < -0.3 is 16.4 Å². The molecule has 0 atom stereocenters. The molecule has 5 N–H and O–H groups in total. The summed E-state index contributed by atoms with van der Waals surface area (Å²) in [6.07, 6.45) is 0. The van der Waals surface area contributed by atoms with E-state index in [9.17, 15) is 9.59 Å². The highest BCUT2D eigenvalue weighted by Gasteiger charge is 2.14. The van der Waals surface area contributed by atoms with E-state index < -0.39 is 5.91 Å². The van der Waals surface area contributed by atoms with E-state index in [1.807, 2.05) is 0 Å². The number of halogens is 1. The first-order valence-electron chi connectivity index (χ1n) is 5.52. The minimum Gasteiger partial charge on any atom is -0.366 e. The lowest BCUT2D eigenvalue weighted by Gasteiger charge is -2.07. The summed E-state index contributed by atoms with van der Waals surface area (Å²) in [6, 6.07) is 4.53. The van der Waals surface area contributed by atoms with Gasteiger partial charge in [0.2, 0.25) is 11.8 Å². The fourth-order valence-electron chi connectivity index (χ4n) is 1.48.